The van der Waals surface area contributed by atoms with Crippen molar-refractivity contribution in [2.75, 3.05) is 36.6 Å². The zero-order valence-corrected chi connectivity index (χ0v) is 15.9. The van der Waals surface area contributed by atoms with Crippen molar-refractivity contribution in [3.05, 3.63) is 47.5 Å². The number of rotatable bonds is 3. The van der Waals surface area contributed by atoms with Crippen LogP contribution in [0.25, 0.3) is 11.1 Å². The second kappa shape index (κ2) is 6.22. The standard InChI is InChI=1S/C22H21N3O4/c26-20(15-3-5-18-14(10-15)2-1-9-28-18)23-16-4-6-19-17(11-16)24-21(29-19)25-8-7-22(25)12-27-13-22/h3-6,10-11H,1-2,7-9,12-13H2,(H,23,26). The molecule has 0 radical (unpaired) electrons. The monoisotopic (exact) mass is 391 g/mol. The number of amides is 1. The summed E-state index contributed by atoms with van der Waals surface area (Å²) < 4.78 is 16.9. The number of nitrogens with one attached hydrogen (secondary N) is 1. The fourth-order valence-corrected chi connectivity index (χ4v) is 4.29. The third-order valence-electron chi connectivity index (χ3n) is 6.15. The molecule has 6 rings (SSSR count). The lowest BCUT2D eigenvalue weighted by atomic mass is 9.83. The van der Waals surface area contributed by atoms with E-state index < -0.39 is 0 Å². The van der Waals surface area contributed by atoms with Crippen molar-refractivity contribution in [2.45, 2.75) is 24.8 Å². The minimum absolute atomic E-state index is 0.0775. The molecule has 148 valence electrons. The largest absolute Gasteiger partial charge is 0.493 e. The van der Waals surface area contributed by atoms with Gasteiger partial charge in [-0.25, -0.2) is 0 Å². The quantitative estimate of drug-likeness (QED) is 0.738. The summed E-state index contributed by atoms with van der Waals surface area (Å²) in [6.45, 7) is 3.14. The van der Waals surface area contributed by atoms with E-state index in [4.69, 9.17) is 13.9 Å². The Bertz CT molecular complexity index is 1110. The fourth-order valence-electron chi connectivity index (χ4n) is 4.29. The molecule has 1 aromatic heterocycles. The van der Waals surface area contributed by atoms with Crippen molar-refractivity contribution < 1.29 is 18.7 Å². The third kappa shape index (κ3) is 2.68. The third-order valence-corrected chi connectivity index (χ3v) is 6.15. The van der Waals surface area contributed by atoms with Gasteiger partial charge in [0.1, 0.15) is 11.3 Å². The fraction of sp³-hybridized carbons (Fsp3) is 0.364. The number of anilines is 2. The van der Waals surface area contributed by atoms with Crippen molar-refractivity contribution in [3.8, 4) is 5.75 Å². The second-order valence-electron chi connectivity index (χ2n) is 8.03. The van der Waals surface area contributed by atoms with E-state index in [9.17, 15) is 4.79 Å². The van der Waals surface area contributed by atoms with Crippen LogP contribution < -0.4 is 15.0 Å². The molecular weight excluding hydrogens is 370 g/mol. The van der Waals surface area contributed by atoms with E-state index in [2.05, 4.69) is 15.2 Å². The highest BCUT2D eigenvalue weighted by atomic mass is 16.5. The Balaban J connectivity index is 1.23. The van der Waals surface area contributed by atoms with Gasteiger partial charge in [-0.2, -0.15) is 4.98 Å². The predicted octanol–water partition coefficient (Wildman–Crippen LogP) is 3.38. The van der Waals surface area contributed by atoms with Gasteiger partial charge in [-0.15, -0.1) is 0 Å². The number of benzene rings is 2. The Hall–Kier alpha value is -3.06. The average molecular weight is 391 g/mol. The van der Waals surface area contributed by atoms with Crippen molar-refractivity contribution in [2.24, 2.45) is 0 Å². The first-order valence-corrected chi connectivity index (χ1v) is 10.0. The summed E-state index contributed by atoms with van der Waals surface area (Å²) in [4.78, 5) is 19.5. The minimum Gasteiger partial charge on any atom is -0.493 e. The molecule has 3 aliphatic rings. The zero-order valence-electron chi connectivity index (χ0n) is 15.9. The van der Waals surface area contributed by atoms with E-state index in [1.165, 1.54) is 0 Å². The van der Waals surface area contributed by atoms with E-state index in [1.54, 1.807) is 6.07 Å². The highest BCUT2D eigenvalue weighted by Gasteiger charge is 2.52. The Morgan fingerprint density at radius 3 is 2.90 bits per heavy atom. The van der Waals surface area contributed by atoms with Crippen LogP contribution in [0, 0.1) is 0 Å². The first kappa shape index (κ1) is 16.9. The van der Waals surface area contributed by atoms with Gasteiger partial charge in [0, 0.05) is 17.8 Å². The van der Waals surface area contributed by atoms with Crippen molar-refractivity contribution in [3.63, 3.8) is 0 Å². The highest BCUT2D eigenvalue weighted by Crippen LogP contribution is 2.41. The zero-order chi connectivity index (χ0) is 19.4. The molecule has 1 N–H and O–H groups in total. The number of hydrogen-bond acceptors (Lipinski definition) is 6. The number of fused-ring (bicyclic) bond motifs is 2. The Morgan fingerprint density at radius 1 is 1.17 bits per heavy atom. The van der Waals surface area contributed by atoms with Crippen LogP contribution in [0.5, 0.6) is 5.75 Å². The molecule has 3 aromatic rings. The molecule has 7 nitrogen and oxygen atoms in total. The van der Waals surface area contributed by atoms with E-state index in [0.717, 1.165) is 62.5 Å². The van der Waals surface area contributed by atoms with Gasteiger partial charge in [0.2, 0.25) is 0 Å². The molecule has 2 aromatic carbocycles. The average Bonchev–Trinajstić information content (AvgIpc) is 3.07. The summed E-state index contributed by atoms with van der Waals surface area (Å²) in [6, 6.07) is 11.8. The van der Waals surface area contributed by atoms with Crippen LogP contribution >= 0.6 is 0 Å². The van der Waals surface area contributed by atoms with Crippen LogP contribution in [0.15, 0.2) is 40.8 Å². The van der Waals surface area contributed by atoms with Crippen LogP contribution in [0.1, 0.15) is 28.8 Å². The molecule has 1 spiro atoms. The van der Waals surface area contributed by atoms with Crippen LogP contribution in [0.2, 0.25) is 0 Å². The molecule has 7 heteroatoms. The van der Waals surface area contributed by atoms with Crippen molar-refractivity contribution in [1.29, 1.82) is 0 Å². The van der Waals surface area contributed by atoms with Gasteiger partial charge in [0.05, 0.1) is 25.4 Å². The number of hydrogen-bond donors (Lipinski definition) is 1. The first-order valence-electron chi connectivity index (χ1n) is 10.0. The molecule has 2 saturated heterocycles. The van der Waals surface area contributed by atoms with Gasteiger partial charge in [0.25, 0.3) is 11.9 Å². The topological polar surface area (TPSA) is 76.8 Å². The van der Waals surface area contributed by atoms with Gasteiger partial charge >= 0.3 is 0 Å². The molecule has 0 atom stereocenters. The van der Waals surface area contributed by atoms with E-state index in [1.807, 2.05) is 30.3 Å². The summed E-state index contributed by atoms with van der Waals surface area (Å²) in [5, 5.41) is 2.97. The van der Waals surface area contributed by atoms with Crippen LogP contribution in [0.4, 0.5) is 11.7 Å². The molecule has 0 aliphatic carbocycles. The van der Waals surface area contributed by atoms with Crippen molar-refractivity contribution >= 4 is 28.7 Å². The van der Waals surface area contributed by atoms with E-state index >= 15 is 0 Å². The smallest absolute Gasteiger partial charge is 0.299 e. The lowest BCUT2D eigenvalue weighted by Gasteiger charge is -2.56. The number of aryl methyl sites for hydroxylation is 1. The maximum absolute atomic E-state index is 12.7. The number of ether oxygens (including phenoxy) is 2. The Labute approximate surface area is 167 Å². The maximum Gasteiger partial charge on any atom is 0.299 e. The Kier molecular flexibility index (Phi) is 3.61. The molecule has 0 bridgehead atoms. The molecule has 29 heavy (non-hydrogen) atoms. The molecule has 3 aliphatic heterocycles. The summed E-state index contributed by atoms with van der Waals surface area (Å²) in [7, 11) is 0. The van der Waals surface area contributed by atoms with E-state index in [0.29, 0.717) is 22.8 Å². The SMILES string of the molecule is O=C(Nc1ccc2oc(N3CCC34COC4)nc2c1)c1ccc2c(c1)CCCO2. The lowest BCUT2D eigenvalue weighted by molar-refractivity contribution is -0.0870. The van der Waals surface area contributed by atoms with Crippen LogP contribution in [0.3, 0.4) is 0 Å². The summed E-state index contributed by atoms with van der Waals surface area (Å²) >= 11 is 0. The highest BCUT2D eigenvalue weighted by molar-refractivity contribution is 6.05. The molecule has 1 amide bonds. The van der Waals surface area contributed by atoms with Crippen molar-refractivity contribution in [1.82, 2.24) is 4.98 Å². The number of aromatic nitrogens is 1. The van der Waals surface area contributed by atoms with Gasteiger partial charge < -0.3 is 24.1 Å². The number of oxazole rings is 1. The maximum atomic E-state index is 12.7. The van der Waals surface area contributed by atoms with Gasteiger partial charge in [-0.1, -0.05) is 0 Å². The lowest BCUT2D eigenvalue weighted by Crippen LogP contribution is -2.71. The van der Waals surface area contributed by atoms with E-state index in [-0.39, 0.29) is 11.4 Å². The molecular formula is C22H21N3O4. The van der Waals surface area contributed by atoms with Crippen LogP contribution in [-0.2, 0) is 11.2 Å². The summed E-state index contributed by atoms with van der Waals surface area (Å²) in [6.07, 6.45) is 3.03. The molecule has 4 heterocycles. The predicted molar refractivity (Wildman–Crippen MR) is 108 cm³/mol. The van der Waals surface area contributed by atoms with Gasteiger partial charge in [-0.05, 0) is 61.2 Å². The van der Waals surface area contributed by atoms with Crippen LogP contribution in [-0.4, -0.2) is 42.8 Å². The molecule has 0 unspecified atom stereocenters. The number of carbonyl (C=O) groups is 1. The molecule has 2 fully saturated rings. The van der Waals surface area contributed by atoms with Gasteiger partial charge in [0.15, 0.2) is 5.58 Å². The second-order valence-corrected chi connectivity index (χ2v) is 8.03. The summed E-state index contributed by atoms with van der Waals surface area (Å²) in [5.74, 6) is 0.736. The molecule has 0 saturated carbocycles. The summed E-state index contributed by atoms with van der Waals surface area (Å²) in [5.41, 5.74) is 3.94. The number of nitrogens with zero attached hydrogens (tertiary/aromatic N) is 2. The Morgan fingerprint density at radius 2 is 2.10 bits per heavy atom. The minimum atomic E-state index is -0.144. The van der Waals surface area contributed by atoms with Gasteiger partial charge in [-0.3, -0.25) is 4.79 Å². The first-order chi connectivity index (χ1) is 14.2. The number of carbonyl (C=O) groups excluding carboxylic acids is 1. The normalized spacial score (nSPS) is 19.2.